The molecular formula is C18H34N6O. The molecule has 0 aliphatic carbocycles. The first-order valence-corrected chi connectivity index (χ1v) is 9.16. The van der Waals surface area contributed by atoms with Crippen molar-refractivity contribution in [3.05, 3.63) is 5.82 Å². The predicted octanol–water partition coefficient (Wildman–Crippen LogP) is 2.36. The number of hydrogen-bond donors (Lipinski definition) is 1. The maximum Gasteiger partial charge on any atom is 0.229 e. The summed E-state index contributed by atoms with van der Waals surface area (Å²) in [5, 5.41) is 3.43. The Morgan fingerprint density at radius 1 is 1.16 bits per heavy atom. The van der Waals surface area contributed by atoms with Crippen LogP contribution in [0.4, 0.5) is 11.9 Å². The fraction of sp³-hybridized carbons (Fsp3) is 0.833. The normalized spacial score (nSPS) is 22.3. The Morgan fingerprint density at radius 2 is 1.76 bits per heavy atom. The van der Waals surface area contributed by atoms with E-state index in [0.717, 1.165) is 25.5 Å². The van der Waals surface area contributed by atoms with Crippen LogP contribution in [0.25, 0.3) is 0 Å². The van der Waals surface area contributed by atoms with Gasteiger partial charge >= 0.3 is 0 Å². The Labute approximate surface area is 152 Å². The summed E-state index contributed by atoms with van der Waals surface area (Å²) >= 11 is 0. The highest BCUT2D eigenvalue weighted by Crippen LogP contribution is 2.22. The molecule has 0 spiro atoms. The lowest BCUT2D eigenvalue weighted by Crippen LogP contribution is -2.57. The number of hydrogen-bond acceptors (Lipinski definition) is 7. The van der Waals surface area contributed by atoms with Crippen molar-refractivity contribution in [1.82, 2.24) is 19.9 Å². The summed E-state index contributed by atoms with van der Waals surface area (Å²) in [6, 6.07) is 0. The molecule has 1 aromatic rings. The van der Waals surface area contributed by atoms with Crippen molar-refractivity contribution in [3.63, 3.8) is 0 Å². The van der Waals surface area contributed by atoms with Gasteiger partial charge in [0, 0.05) is 45.2 Å². The second-order valence-electron chi connectivity index (χ2n) is 8.19. The van der Waals surface area contributed by atoms with Gasteiger partial charge in [0.15, 0.2) is 0 Å². The van der Waals surface area contributed by atoms with E-state index in [-0.39, 0.29) is 23.7 Å². The molecule has 7 nitrogen and oxygen atoms in total. The number of anilines is 2. The lowest BCUT2D eigenvalue weighted by Gasteiger charge is -2.45. The minimum absolute atomic E-state index is 0.0186. The predicted molar refractivity (Wildman–Crippen MR) is 102 cm³/mol. The van der Waals surface area contributed by atoms with Crippen LogP contribution in [0.2, 0.25) is 0 Å². The van der Waals surface area contributed by atoms with Gasteiger partial charge in [0.2, 0.25) is 11.9 Å². The van der Waals surface area contributed by atoms with Crippen molar-refractivity contribution in [2.45, 2.75) is 65.2 Å². The number of nitrogens with one attached hydrogen (secondary N) is 1. The molecule has 1 aliphatic heterocycles. The molecule has 2 atom stereocenters. The van der Waals surface area contributed by atoms with E-state index >= 15 is 0 Å². The van der Waals surface area contributed by atoms with Crippen molar-refractivity contribution in [3.8, 4) is 0 Å². The van der Waals surface area contributed by atoms with Gasteiger partial charge in [-0.15, -0.1) is 0 Å². The Balaban J connectivity index is 2.11. The van der Waals surface area contributed by atoms with Gasteiger partial charge < -0.3 is 15.0 Å². The Kier molecular flexibility index (Phi) is 6.21. The summed E-state index contributed by atoms with van der Waals surface area (Å²) in [4.78, 5) is 18.1. The SMILES string of the molecule is CC1CN(C(C)(C)CNc2nc(C(C)C)nc(N(C)C)n2)CC(C)O1. The lowest BCUT2D eigenvalue weighted by molar-refractivity contribution is -0.0933. The van der Waals surface area contributed by atoms with E-state index < -0.39 is 0 Å². The molecule has 1 saturated heterocycles. The Morgan fingerprint density at radius 3 is 2.28 bits per heavy atom. The third-order valence-corrected chi connectivity index (χ3v) is 4.51. The van der Waals surface area contributed by atoms with Gasteiger partial charge in [-0.2, -0.15) is 15.0 Å². The second-order valence-corrected chi connectivity index (χ2v) is 8.19. The van der Waals surface area contributed by atoms with Crippen molar-refractivity contribution in [1.29, 1.82) is 0 Å². The first-order chi connectivity index (χ1) is 11.6. The van der Waals surface area contributed by atoms with Crippen LogP contribution in [0.15, 0.2) is 0 Å². The molecule has 1 fully saturated rings. The molecule has 0 bridgehead atoms. The summed E-state index contributed by atoms with van der Waals surface area (Å²) in [7, 11) is 3.90. The third-order valence-electron chi connectivity index (χ3n) is 4.51. The molecule has 142 valence electrons. The Hall–Kier alpha value is -1.47. The fourth-order valence-electron chi connectivity index (χ4n) is 3.00. The van der Waals surface area contributed by atoms with Crippen LogP contribution in [0.3, 0.4) is 0 Å². The van der Waals surface area contributed by atoms with E-state index in [0.29, 0.717) is 11.9 Å². The van der Waals surface area contributed by atoms with Gasteiger partial charge in [-0.3, -0.25) is 4.90 Å². The van der Waals surface area contributed by atoms with Crippen LogP contribution in [0, 0.1) is 0 Å². The quantitative estimate of drug-likeness (QED) is 0.845. The van der Waals surface area contributed by atoms with Crippen LogP contribution in [0.5, 0.6) is 0 Å². The molecule has 1 aliphatic rings. The highest BCUT2D eigenvalue weighted by atomic mass is 16.5. The van der Waals surface area contributed by atoms with Crippen LogP contribution >= 0.6 is 0 Å². The molecule has 0 aromatic carbocycles. The van der Waals surface area contributed by atoms with Crippen LogP contribution in [0.1, 0.15) is 53.3 Å². The summed E-state index contributed by atoms with van der Waals surface area (Å²) < 4.78 is 5.86. The van der Waals surface area contributed by atoms with E-state index in [9.17, 15) is 0 Å². The van der Waals surface area contributed by atoms with Gasteiger partial charge in [-0.25, -0.2) is 0 Å². The zero-order valence-corrected chi connectivity index (χ0v) is 17.0. The molecule has 2 heterocycles. The average Bonchev–Trinajstić information content (AvgIpc) is 2.51. The third kappa shape index (κ3) is 5.25. The lowest BCUT2D eigenvalue weighted by atomic mass is 10.00. The minimum atomic E-state index is -0.0186. The van der Waals surface area contributed by atoms with E-state index in [4.69, 9.17) is 4.74 Å². The monoisotopic (exact) mass is 350 g/mol. The highest BCUT2D eigenvalue weighted by molar-refractivity contribution is 5.36. The second kappa shape index (κ2) is 7.83. The van der Waals surface area contributed by atoms with Crippen LogP contribution in [-0.4, -0.2) is 71.3 Å². The van der Waals surface area contributed by atoms with Crippen LogP contribution < -0.4 is 10.2 Å². The zero-order chi connectivity index (χ0) is 18.8. The van der Waals surface area contributed by atoms with Gasteiger partial charge in [0.05, 0.1) is 12.2 Å². The first-order valence-electron chi connectivity index (χ1n) is 9.16. The van der Waals surface area contributed by atoms with Crippen molar-refractivity contribution in [2.24, 2.45) is 0 Å². The smallest absolute Gasteiger partial charge is 0.229 e. The molecule has 25 heavy (non-hydrogen) atoms. The number of ether oxygens (including phenoxy) is 1. The number of aromatic nitrogens is 3. The minimum Gasteiger partial charge on any atom is -0.373 e. The Bertz CT molecular complexity index is 538. The molecule has 0 radical (unpaired) electrons. The number of morpholine rings is 1. The van der Waals surface area contributed by atoms with E-state index in [1.807, 2.05) is 19.0 Å². The number of nitrogens with zero attached hydrogens (tertiary/aromatic N) is 5. The molecule has 0 amide bonds. The summed E-state index contributed by atoms with van der Waals surface area (Å²) in [6.07, 6.45) is 0.515. The summed E-state index contributed by atoms with van der Waals surface area (Å²) in [5.41, 5.74) is -0.0186. The molecule has 0 saturated carbocycles. The maximum absolute atomic E-state index is 5.86. The van der Waals surface area contributed by atoms with Crippen molar-refractivity contribution < 1.29 is 4.74 Å². The standard InChI is InChI=1S/C18H34N6O/c1-12(2)15-20-16(22-17(21-15)23(7)8)19-11-18(5,6)24-9-13(3)25-14(4)10-24/h12-14H,9-11H2,1-8H3,(H,19,20,21,22). The maximum atomic E-state index is 5.86. The van der Waals surface area contributed by atoms with Gasteiger partial charge in [0.25, 0.3) is 0 Å². The van der Waals surface area contributed by atoms with Crippen molar-refractivity contribution >= 4 is 11.9 Å². The van der Waals surface area contributed by atoms with Gasteiger partial charge in [-0.1, -0.05) is 13.8 Å². The van der Waals surface area contributed by atoms with E-state index in [2.05, 4.69) is 66.7 Å². The largest absolute Gasteiger partial charge is 0.373 e. The molecule has 2 rings (SSSR count). The van der Waals surface area contributed by atoms with E-state index in [1.54, 1.807) is 0 Å². The van der Waals surface area contributed by atoms with E-state index in [1.165, 1.54) is 0 Å². The molecule has 1 N–H and O–H groups in total. The van der Waals surface area contributed by atoms with Crippen molar-refractivity contribution in [2.75, 3.05) is 43.9 Å². The van der Waals surface area contributed by atoms with Crippen LogP contribution in [-0.2, 0) is 4.74 Å². The summed E-state index contributed by atoms with van der Waals surface area (Å²) in [5.74, 6) is 2.40. The summed E-state index contributed by atoms with van der Waals surface area (Å²) in [6.45, 7) is 15.6. The van der Waals surface area contributed by atoms with Gasteiger partial charge in [-0.05, 0) is 27.7 Å². The molecule has 1 aromatic heterocycles. The highest BCUT2D eigenvalue weighted by Gasteiger charge is 2.33. The fourth-order valence-corrected chi connectivity index (χ4v) is 3.00. The molecule has 7 heteroatoms. The molecular weight excluding hydrogens is 316 g/mol. The number of rotatable bonds is 6. The average molecular weight is 351 g/mol. The topological polar surface area (TPSA) is 66.4 Å². The molecule has 2 unspecified atom stereocenters. The first kappa shape index (κ1) is 19.8. The van der Waals surface area contributed by atoms with Gasteiger partial charge in [0.1, 0.15) is 5.82 Å². The zero-order valence-electron chi connectivity index (χ0n) is 17.0.